The third-order valence-corrected chi connectivity index (χ3v) is 5.16. The zero-order valence-electron chi connectivity index (χ0n) is 15.1. The lowest BCUT2D eigenvalue weighted by Crippen LogP contribution is -1.99. The predicted octanol–water partition coefficient (Wildman–Crippen LogP) is 6.29. The summed E-state index contributed by atoms with van der Waals surface area (Å²) < 4.78 is 2.98. The summed E-state index contributed by atoms with van der Waals surface area (Å²) in [4.78, 5) is 0. The van der Waals surface area contributed by atoms with Gasteiger partial charge in [0.25, 0.3) is 0 Å². The third-order valence-electron chi connectivity index (χ3n) is 4.63. The van der Waals surface area contributed by atoms with Gasteiger partial charge < -0.3 is 5.11 Å². The maximum absolute atomic E-state index is 10.5. The van der Waals surface area contributed by atoms with Gasteiger partial charge in [-0.15, -0.1) is 0 Å². The summed E-state index contributed by atoms with van der Waals surface area (Å²) >= 11 is 3.51. The second kappa shape index (κ2) is 7.05. The Bertz CT molecular complexity index is 1100. The molecule has 0 radical (unpaired) electrons. The molecule has 134 valence electrons. The van der Waals surface area contributed by atoms with E-state index in [1.807, 2.05) is 41.9 Å². The summed E-state index contributed by atoms with van der Waals surface area (Å²) in [5.74, 6) is 0.252. The number of phenols is 1. The molecule has 0 amide bonds. The maximum atomic E-state index is 10.5. The van der Waals surface area contributed by atoms with Crippen molar-refractivity contribution in [3.63, 3.8) is 0 Å². The minimum absolute atomic E-state index is 0.252. The molecule has 4 aromatic rings. The Labute approximate surface area is 167 Å². The van der Waals surface area contributed by atoms with E-state index in [0.717, 1.165) is 38.2 Å². The van der Waals surface area contributed by atoms with Crippen molar-refractivity contribution in [2.75, 3.05) is 0 Å². The summed E-state index contributed by atoms with van der Waals surface area (Å²) in [7, 11) is 0. The Balaban J connectivity index is 2.03. The van der Waals surface area contributed by atoms with E-state index < -0.39 is 0 Å². The first-order valence-electron chi connectivity index (χ1n) is 8.75. The van der Waals surface area contributed by atoms with E-state index in [1.165, 1.54) is 5.56 Å². The lowest BCUT2D eigenvalue weighted by atomic mass is 9.98. The molecule has 4 heteroatoms. The number of rotatable bonds is 3. The molecule has 0 aliphatic carbocycles. The molecule has 0 spiro atoms. The number of nitrogens with zero attached hydrogens (tertiary/aromatic N) is 2. The Morgan fingerprint density at radius 2 is 1.52 bits per heavy atom. The zero-order valence-corrected chi connectivity index (χ0v) is 16.7. The van der Waals surface area contributed by atoms with Crippen LogP contribution in [-0.2, 0) is 0 Å². The number of halogens is 1. The van der Waals surface area contributed by atoms with E-state index in [9.17, 15) is 5.11 Å². The van der Waals surface area contributed by atoms with Gasteiger partial charge in [0.1, 0.15) is 5.75 Å². The molecule has 3 aromatic carbocycles. The van der Waals surface area contributed by atoms with E-state index in [1.54, 1.807) is 6.07 Å². The van der Waals surface area contributed by atoms with Gasteiger partial charge in [0.05, 0.1) is 17.1 Å². The van der Waals surface area contributed by atoms with Crippen molar-refractivity contribution >= 4 is 15.9 Å². The first-order chi connectivity index (χ1) is 13.0. The molecule has 0 bridgehead atoms. The highest BCUT2D eigenvalue weighted by molar-refractivity contribution is 9.10. The van der Waals surface area contributed by atoms with Crippen molar-refractivity contribution in [2.45, 2.75) is 13.8 Å². The van der Waals surface area contributed by atoms with E-state index >= 15 is 0 Å². The molecule has 3 nitrogen and oxygen atoms in total. The molecule has 27 heavy (non-hydrogen) atoms. The molecule has 0 fully saturated rings. The van der Waals surface area contributed by atoms with Crippen molar-refractivity contribution in [3.05, 3.63) is 88.5 Å². The van der Waals surface area contributed by atoms with Crippen LogP contribution in [0.4, 0.5) is 0 Å². The van der Waals surface area contributed by atoms with E-state index in [-0.39, 0.29) is 5.75 Å². The Morgan fingerprint density at radius 1 is 0.852 bits per heavy atom. The van der Waals surface area contributed by atoms with Gasteiger partial charge in [-0.25, -0.2) is 4.68 Å². The van der Waals surface area contributed by atoms with Gasteiger partial charge in [0, 0.05) is 21.2 Å². The van der Waals surface area contributed by atoms with Gasteiger partial charge in [0.2, 0.25) is 0 Å². The number of aromatic hydroxyl groups is 1. The molecular formula is C23H19BrN2O. The molecule has 0 unspecified atom stereocenters. The largest absolute Gasteiger partial charge is 0.507 e. The van der Waals surface area contributed by atoms with Crippen LogP contribution >= 0.6 is 15.9 Å². The van der Waals surface area contributed by atoms with Gasteiger partial charge in [-0.2, -0.15) is 5.10 Å². The fourth-order valence-corrected chi connectivity index (χ4v) is 3.55. The standard InChI is InChI=1S/C23H19BrN2O/c1-15-7-13-19(14-8-15)26-23(17-9-11-18(24)12-10-17)22(16(2)25-26)20-5-3-4-6-21(20)27/h3-14,27H,1-2H3. The van der Waals surface area contributed by atoms with Crippen molar-refractivity contribution in [2.24, 2.45) is 0 Å². The normalized spacial score (nSPS) is 10.9. The monoisotopic (exact) mass is 418 g/mol. The number of hydrogen-bond donors (Lipinski definition) is 1. The average Bonchev–Trinajstić information content (AvgIpc) is 3.00. The van der Waals surface area contributed by atoms with Crippen molar-refractivity contribution < 1.29 is 5.11 Å². The van der Waals surface area contributed by atoms with Crippen LogP contribution in [0.25, 0.3) is 28.1 Å². The minimum atomic E-state index is 0.252. The molecule has 0 saturated heterocycles. The van der Waals surface area contributed by atoms with Crippen LogP contribution in [0, 0.1) is 13.8 Å². The van der Waals surface area contributed by atoms with Gasteiger partial charge in [-0.05, 0) is 44.2 Å². The molecule has 4 rings (SSSR count). The molecule has 0 aliphatic heterocycles. The number of phenolic OH excluding ortho intramolecular Hbond substituents is 1. The Kier molecular flexibility index (Phi) is 4.58. The van der Waals surface area contributed by atoms with Crippen LogP contribution in [0.15, 0.2) is 77.3 Å². The Hall–Kier alpha value is -2.85. The molecule has 1 N–H and O–H groups in total. The van der Waals surface area contributed by atoms with Crippen LogP contribution in [-0.4, -0.2) is 14.9 Å². The fraction of sp³-hybridized carbons (Fsp3) is 0.0870. The first kappa shape index (κ1) is 17.6. The summed E-state index contributed by atoms with van der Waals surface area (Å²) in [6.07, 6.45) is 0. The topological polar surface area (TPSA) is 38.0 Å². The van der Waals surface area contributed by atoms with Crippen molar-refractivity contribution in [1.82, 2.24) is 9.78 Å². The van der Waals surface area contributed by atoms with Crippen LogP contribution in [0.1, 0.15) is 11.3 Å². The second-order valence-corrected chi connectivity index (χ2v) is 7.50. The molecule has 0 saturated carbocycles. The predicted molar refractivity (Wildman–Crippen MR) is 113 cm³/mol. The Morgan fingerprint density at radius 3 is 2.19 bits per heavy atom. The van der Waals surface area contributed by atoms with Gasteiger partial charge >= 0.3 is 0 Å². The number of hydrogen-bond acceptors (Lipinski definition) is 2. The second-order valence-electron chi connectivity index (χ2n) is 6.58. The van der Waals surface area contributed by atoms with Crippen LogP contribution in [0.2, 0.25) is 0 Å². The van der Waals surface area contributed by atoms with E-state index in [2.05, 4.69) is 59.3 Å². The minimum Gasteiger partial charge on any atom is -0.507 e. The third kappa shape index (κ3) is 3.28. The highest BCUT2D eigenvalue weighted by Gasteiger charge is 2.21. The fourth-order valence-electron chi connectivity index (χ4n) is 3.28. The molecule has 0 atom stereocenters. The van der Waals surface area contributed by atoms with Gasteiger partial charge in [0.15, 0.2) is 0 Å². The number of aryl methyl sites for hydroxylation is 2. The maximum Gasteiger partial charge on any atom is 0.123 e. The molecule has 1 aromatic heterocycles. The molecule has 0 aliphatic rings. The highest BCUT2D eigenvalue weighted by atomic mass is 79.9. The van der Waals surface area contributed by atoms with Crippen LogP contribution < -0.4 is 0 Å². The van der Waals surface area contributed by atoms with Gasteiger partial charge in [-0.3, -0.25) is 0 Å². The van der Waals surface area contributed by atoms with Gasteiger partial charge in [-0.1, -0.05) is 64.0 Å². The molecule has 1 heterocycles. The highest BCUT2D eigenvalue weighted by Crippen LogP contribution is 2.40. The number of benzene rings is 3. The van der Waals surface area contributed by atoms with Crippen molar-refractivity contribution in [3.8, 4) is 33.8 Å². The summed E-state index contributed by atoms with van der Waals surface area (Å²) in [6.45, 7) is 4.05. The summed E-state index contributed by atoms with van der Waals surface area (Å²) in [5.41, 5.74) is 6.79. The zero-order chi connectivity index (χ0) is 19.0. The smallest absolute Gasteiger partial charge is 0.123 e. The molecular weight excluding hydrogens is 400 g/mol. The van der Waals surface area contributed by atoms with Crippen LogP contribution in [0.3, 0.4) is 0 Å². The van der Waals surface area contributed by atoms with E-state index in [4.69, 9.17) is 5.10 Å². The lowest BCUT2D eigenvalue weighted by molar-refractivity contribution is 0.477. The first-order valence-corrected chi connectivity index (χ1v) is 9.55. The summed E-state index contributed by atoms with van der Waals surface area (Å²) in [6, 6.07) is 23.9. The SMILES string of the molecule is Cc1ccc(-n2nc(C)c(-c3ccccc3O)c2-c2ccc(Br)cc2)cc1. The number of aromatic nitrogens is 2. The quantitative estimate of drug-likeness (QED) is 0.424. The van der Waals surface area contributed by atoms with Crippen LogP contribution in [0.5, 0.6) is 5.75 Å². The van der Waals surface area contributed by atoms with Crippen molar-refractivity contribution in [1.29, 1.82) is 0 Å². The summed E-state index contributed by atoms with van der Waals surface area (Å²) in [5, 5.41) is 15.3. The lowest BCUT2D eigenvalue weighted by Gasteiger charge is -2.12. The van der Waals surface area contributed by atoms with E-state index in [0.29, 0.717) is 0 Å². The average molecular weight is 419 g/mol. The number of para-hydroxylation sites is 1.